The summed E-state index contributed by atoms with van der Waals surface area (Å²) < 4.78 is 24.4. The molecule has 2 aromatic carbocycles. The van der Waals surface area contributed by atoms with Gasteiger partial charge in [-0.1, -0.05) is 29.8 Å². The van der Waals surface area contributed by atoms with E-state index in [-0.39, 0.29) is 17.1 Å². The minimum Gasteiger partial charge on any atom is -0.449 e. The fourth-order valence-corrected chi connectivity index (χ4v) is 2.71. The Hall–Kier alpha value is -3.41. The highest BCUT2D eigenvalue weighted by molar-refractivity contribution is 5.97. The van der Waals surface area contributed by atoms with Gasteiger partial charge in [0.1, 0.15) is 11.6 Å². The van der Waals surface area contributed by atoms with E-state index in [0.717, 1.165) is 11.1 Å². The Kier molecular flexibility index (Phi) is 5.59. The summed E-state index contributed by atoms with van der Waals surface area (Å²) in [6, 6.07) is 14.6. The summed E-state index contributed by atoms with van der Waals surface area (Å²) in [6.45, 7) is 5.31. The van der Waals surface area contributed by atoms with Crippen molar-refractivity contribution in [3.05, 3.63) is 77.3 Å². The third kappa shape index (κ3) is 4.28. The first-order chi connectivity index (χ1) is 13.3. The number of esters is 1. The van der Waals surface area contributed by atoms with Gasteiger partial charge in [0, 0.05) is 5.69 Å². The van der Waals surface area contributed by atoms with Crippen LogP contribution in [-0.4, -0.2) is 18.0 Å². The van der Waals surface area contributed by atoms with Crippen LogP contribution in [-0.2, 0) is 9.53 Å². The molecule has 0 unspecified atom stereocenters. The van der Waals surface area contributed by atoms with Crippen LogP contribution in [0.5, 0.6) is 0 Å². The molecule has 1 N–H and O–H groups in total. The van der Waals surface area contributed by atoms with Crippen molar-refractivity contribution in [2.45, 2.75) is 26.9 Å². The predicted molar refractivity (Wildman–Crippen MR) is 104 cm³/mol. The molecule has 3 rings (SSSR count). The summed E-state index contributed by atoms with van der Waals surface area (Å²) in [6.07, 6.45) is -1.03. The smallest absolute Gasteiger partial charge is 0.375 e. The standard InChI is InChI=1S/C22H20FNO4/c1-13-8-9-18(14(2)12-13)24-21(25)15(3)27-22(26)20-11-10-19(28-20)16-6-4-5-7-17(16)23/h4-12,15H,1-3H3,(H,24,25)/t15-/m0/s1. The minimum atomic E-state index is -1.03. The van der Waals surface area contributed by atoms with Crippen LogP contribution >= 0.6 is 0 Å². The fourth-order valence-electron chi connectivity index (χ4n) is 2.71. The number of amides is 1. The lowest BCUT2D eigenvalue weighted by atomic mass is 10.1. The largest absolute Gasteiger partial charge is 0.449 e. The van der Waals surface area contributed by atoms with Crippen molar-refractivity contribution in [3.8, 4) is 11.3 Å². The first-order valence-corrected chi connectivity index (χ1v) is 8.79. The number of carbonyl (C=O) groups is 2. The lowest BCUT2D eigenvalue weighted by Crippen LogP contribution is -2.30. The second-order valence-electron chi connectivity index (χ2n) is 6.50. The molecule has 144 valence electrons. The zero-order valence-electron chi connectivity index (χ0n) is 15.8. The van der Waals surface area contributed by atoms with Gasteiger partial charge in [0.25, 0.3) is 5.91 Å². The number of furan rings is 1. The molecule has 3 aromatic rings. The van der Waals surface area contributed by atoms with E-state index in [0.29, 0.717) is 5.69 Å². The Bertz CT molecular complexity index is 1020. The molecule has 0 radical (unpaired) electrons. The maximum absolute atomic E-state index is 13.8. The van der Waals surface area contributed by atoms with Gasteiger partial charge in [-0.2, -0.15) is 0 Å². The second-order valence-corrected chi connectivity index (χ2v) is 6.50. The van der Waals surface area contributed by atoms with Crippen LogP contribution in [0.2, 0.25) is 0 Å². The molecule has 1 heterocycles. The van der Waals surface area contributed by atoms with E-state index in [9.17, 15) is 14.0 Å². The fraction of sp³-hybridized carbons (Fsp3) is 0.182. The maximum Gasteiger partial charge on any atom is 0.375 e. The summed E-state index contributed by atoms with van der Waals surface area (Å²) in [4.78, 5) is 24.6. The molecule has 0 aliphatic rings. The van der Waals surface area contributed by atoms with E-state index in [4.69, 9.17) is 9.15 Å². The molecular weight excluding hydrogens is 361 g/mol. The van der Waals surface area contributed by atoms with Gasteiger partial charge in [-0.05, 0) is 56.7 Å². The summed E-state index contributed by atoms with van der Waals surface area (Å²) in [5, 5.41) is 2.74. The van der Waals surface area contributed by atoms with Crippen LogP contribution in [0.3, 0.4) is 0 Å². The summed E-state index contributed by atoms with van der Waals surface area (Å²) in [5.41, 5.74) is 2.88. The summed E-state index contributed by atoms with van der Waals surface area (Å²) in [7, 11) is 0. The van der Waals surface area contributed by atoms with Gasteiger partial charge in [-0.3, -0.25) is 4.79 Å². The number of hydrogen-bond acceptors (Lipinski definition) is 4. The molecular formula is C22H20FNO4. The van der Waals surface area contributed by atoms with Crippen LogP contribution in [0.1, 0.15) is 28.6 Å². The molecule has 1 amide bonds. The van der Waals surface area contributed by atoms with Gasteiger partial charge in [-0.15, -0.1) is 0 Å². The molecule has 5 nitrogen and oxygen atoms in total. The second kappa shape index (κ2) is 8.08. The lowest BCUT2D eigenvalue weighted by Gasteiger charge is -2.14. The zero-order valence-corrected chi connectivity index (χ0v) is 15.8. The number of benzene rings is 2. The minimum absolute atomic E-state index is 0.107. The first kappa shape index (κ1) is 19.4. The summed E-state index contributed by atoms with van der Waals surface area (Å²) in [5.74, 6) is -1.62. The maximum atomic E-state index is 13.8. The summed E-state index contributed by atoms with van der Waals surface area (Å²) >= 11 is 0. The molecule has 0 saturated heterocycles. The van der Waals surface area contributed by atoms with Crippen molar-refractivity contribution in [3.63, 3.8) is 0 Å². The van der Waals surface area contributed by atoms with Crippen molar-refractivity contribution in [1.82, 2.24) is 0 Å². The van der Waals surface area contributed by atoms with E-state index in [1.54, 1.807) is 24.3 Å². The Morgan fingerprint density at radius 2 is 1.82 bits per heavy atom. The van der Waals surface area contributed by atoms with Crippen LogP contribution in [0.25, 0.3) is 11.3 Å². The van der Waals surface area contributed by atoms with Gasteiger partial charge < -0.3 is 14.5 Å². The first-order valence-electron chi connectivity index (χ1n) is 8.79. The molecule has 0 saturated carbocycles. The average molecular weight is 381 g/mol. The number of hydrogen-bond donors (Lipinski definition) is 1. The Morgan fingerprint density at radius 1 is 1.07 bits per heavy atom. The molecule has 1 aromatic heterocycles. The van der Waals surface area contributed by atoms with E-state index in [2.05, 4.69) is 5.32 Å². The molecule has 0 aliphatic heterocycles. The number of halogens is 1. The van der Waals surface area contributed by atoms with Crippen molar-refractivity contribution < 1.29 is 23.1 Å². The third-order valence-electron chi connectivity index (χ3n) is 4.24. The monoisotopic (exact) mass is 381 g/mol. The van der Waals surface area contributed by atoms with Crippen LogP contribution < -0.4 is 5.32 Å². The number of ether oxygens (including phenoxy) is 1. The number of carbonyl (C=O) groups excluding carboxylic acids is 2. The Labute approximate surface area is 162 Å². The van der Waals surface area contributed by atoms with Gasteiger partial charge in [0.05, 0.1) is 5.56 Å². The van der Waals surface area contributed by atoms with Crippen LogP contribution in [0.15, 0.2) is 59.0 Å². The van der Waals surface area contributed by atoms with Gasteiger partial charge in [0.2, 0.25) is 5.76 Å². The van der Waals surface area contributed by atoms with Gasteiger partial charge in [0.15, 0.2) is 6.10 Å². The highest BCUT2D eigenvalue weighted by Gasteiger charge is 2.22. The van der Waals surface area contributed by atoms with Crippen molar-refractivity contribution >= 4 is 17.6 Å². The Balaban J connectivity index is 1.66. The van der Waals surface area contributed by atoms with Crippen molar-refractivity contribution in [2.24, 2.45) is 0 Å². The quantitative estimate of drug-likeness (QED) is 0.639. The number of anilines is 1. The van der Waals surface area contributed by atoms with E-state index >= 15 is 0 Å². The van der Waals surface area contributed by atoms with E-state index in [1.807, 2.05) is 26.0 Å². The molecule has 0 bridgehead atoms. The molecule has 0 aliphatic carbocycles. The van der Waals surface area contributed by atoms with Crippen molar-refractivity contribution in [2.75, 3.05) is 5.32 Å². The molecule has 28 heavy (non-hydrogen) atoms. The molecule has 1 atom stereocenters. The van der Waals surface area contributed by atoms with Crippen molar-refractivity contribution in [1.29, 1.82) is 0 Å². The topological polar surface area (TPSA) is 68.5 Å². The molecule has 0 spiro atoms. The Morgan fingerprint density at radius 3 is 2.54 bits per heavy atom. The highest BCUT2D eigenvalue weighted by atomic mass is 19.1. The normalized spacial score (nSPS) is 11.7. The van der Waals surface area contributed by atoms with Gasteiger partial charge in [-0.25, -0.2) is 9.18 Å². The number of nitrogens with one attached hydrogen (secondary N) is 1. The predicted octanol–water partition coefficient (Wildman–Crippen LogP) is 4.89. The molecule has 0 fully saturated rings. The average Bonchev–Trinajstić information content (AvgIpc) is 3.14. The van der Waals surface area contributed by atoms with Crippen LogP contribution in [0, 0.1) is 19.7 Å². The highest BCUT2D eigenvalue weighted by Crippen LogP contribution is 2.25. The lowest BCUT2D eigenvalue weighted by molar-refractivity contribution is -0.123. The zero-order chi connectivity index (χ0) is 20.3. The SMILES string of the molecule is Cc1ccc(NC(=O)[C@H](C)OC(=O)c2ccc(-c3ccccc3F)o2)c(C)c1. The number of rotatable bonds is 5. The van der Waals surface area contributed by atoms with E-state index in [1.165, 1.54) is 25.1 Å². The van der Waals surface area contributed by atoms with Crippen LogP contribution in [0.4, 0.5) is 10.1 Å². The van der Waals surface area contributed by atoms with E-state index < -0.39 is 23.8 Å². The number of aryl methyl sites for hydroxylation is 2. The van der Waals surface area contributed by atoms with Gasteiger partial charge >= 0.3 is 5.97 Å². The molecule has 6 heteroatoms. The third-order valence-corrected chi connectivity index (χ3v) is 4.24.